The molecule has 0 unspecified atom stereocenters. The monoisotopic (exact) mass is 485 g/mol. The van der Waals surface area contributed by atoms with Crippen molar-refractivity contribution < 1.29 is 4.42 Å². The zero-order chi connectivity index (χ0) is 19.3. The highest BCUT2D eigenvalue weighted by atomic mass is 127. The minimum Gasteiger partial charge on any atom is -0.443 e. The van der Waals surface area contributed by atoms with Gasteiger partial charge in [0.2, 0.25) is 5.89 Å². The van der Waals surface area contributed by atoms with Crippen LogP contribution in [0.4, 0.5) is 5.69 Å². The van der Waals surface area contributed by atoms with E-state index in [-0.39, 0.29) is 29.4 Å². The Hall–Kier alpha value is -1.77. The highest BCUT2D eigenvalue weighted by Gasteiger charge is 2.19. The van der Waals surface area contributed by atoms with Crippen LogP contribution in [0.15, 0.2) is 33.8 Å². The van der Waals surface area contributed by atoms with E-state index in [2.05, 4.69) is 85.5 Å². The Kier molecular flexibility index (Phi) is 8.59. The molecule has 0 aliphatic heterocycles. The smallest absolute Gasteiger partial charge is 0.213 e. The summed E-state index contributed by atoms with van der Waals surface area (Å²) in [5.74, 6) is 2.25. The van der Waals surface area contributed by atoms with Crippen LogP contribution in [-0.2, 0) is 18.5 Å². The van der Waals surface area contributed by atoms with E-state index in [4.69, 9.17) is 4.42 Å². The van der Waals surface area contributed by atoms with E-state index in [1.54, 1.807) is 13.2 Å². The van der Waals surface area contributed by atoms with E-state index in [1.807, 2.05) is 0 Å². The molecule has 0 aliphatic carbocycles. The first-order chi connectivity index (χ1) is 12.2. The largest absolute Gasteiger partial charge is 0.443 e. The number of aromatic nitrogens is 1. The van der Waals surface area contributed by atoms with Gasteiger partial charge in [-0.15, -0.1) is 24.0 Å². The Bertz CT molecular complexity index is 762. The third-order valence-electron chi connectivity index (χ3n) is 4.09. The van der Waals surface area contributed by atoms with Crippen molar-refractivity contribution in [2.75, 3.05) is 26.0 Å². The zero-order valence-electron chi connectivity index (χ0n) is 17.4. The molecule has 1 heterocycles. The molecule has 2 N–H and O–H groups in total. The van der Waals surface area contributed by atoms with Gasteiger partial charge in [0.15, 0.2) is 5.96 Å². The average molecular weight is 485 g/mol. The summed E-state index contributed by atoms with van der Waals surface area (Å²) in [6.07, 6.45) is 1.79. The minimum atomic E-state index is -0.0425. The standard InChI is InChI=1S/C20H31N5O.HI/c1-14-8-9-15(16(10-14)25(6)7)11-23-19(21-5)24-13-18-22-12-17(26-18)20(2,3)4;/h8-10,12H,11,13H2,1-7H3,(H2,21,23,24);1H. The summed E-state index contributed by atoms with van der Waals surface area (Å²) in [6, 6.07) is 6.46. The quantitative estimate of drug-likeness (QED) is 0.383. The van der Waals surface area contributed by atoms with Crippen molar-refractivity contribution in [3.8, 4) is 0 Å². The lowest BCUT2D eigenvalue weighted by molar-refractivity contribution is 0.379. The van der Waals surface area contributed by atoms with Crippen LogP contribution < -0.4 is 15.5 Å². The second kappa shape index (κ2) is 9.96. The van der Waals surface area contributed by atoms with E-state index in [0.29, 0.717) is 24.9 Å². The molecule has 0 saturated heterocycles. The highest BCUT2D eigenvalue weighted by Crippen LogP contribution is 2.22. The van der Waals surface area contributed by atoms with Crippen LogP contribution in [0.2, 0.25) is 0 Å². The fourth-order valence-corrected chi connectivity index (χ4v) is 2.54. The maximum Gasteiger partial charge on any atom is 0.213 e. The third-order valence-corrected chi connectivity index (χ3v) is 4.09. The van der Waals surface area contributed by atoms with Crippen LogP contribution in [0, 0.1) is 6.92 Å². The first-order valence-electron chi connectivity index (χ1n) is 8.87. The molecule has 1 aromatic heterocycles. The molecule has 6 nitrogen and oxygen atoms in total. The molecule has 0 bridgehead atoms. The topological polar surface area (TPSA) is 65.7 Å². The molecule has 0 atom stereocenters. The Balaban J connectivity index is 0.00000364. The van der Waals surface area contributed by atoms with Crippen LogP contribution in [0.5, 0.6) is 0 Å². The maximum atomic E-state index is 5.81. The van der Waals surface area contributed by atoms with Gasteiger partial charge in [-0.05, 0) is 24.1 Å². The van der Waals surface area contributed by atoms with Gasteiger partial charge < -0.3 is 20.0 Å². The second-order valence-electron chi connectivity index (χ2n) is 7.67. The fraction of sp³-hybridized carbons (Fsp3) is 0.500. The van der Waals surface area contributed by atoms with Gasteiger partial charge in [-0.25, -0.2) is 4.98 Å². The third kappa shape index (κ3) is 6.71. The van der Waals surface area contributed by atoms with Gasteiger partial charge in [0, 0.05) is 38.8 Å². The SMILES string of the molecule is CN=C(NCc1ncc(C(C)(C)C)o1)NCc1ccc(C)cc1N(C)C.I. The highest BCUT2D eigenvalue weighted by molar-refractivity contribution is 14.0. The van der Waals surface area contributed by atoms with Crippen molar-refractivity contribution in [1.29, 1.82) is 0 Å². The molecule has 0 aliphatic rings. The first kappa shape index (κ1) is 23.3. The van der Waals surface area contributed by atoms with Gasteiger partial charge in [-0.2, -0.15) is 0 Å². The normalized spacial score (nSPS) is 11.7. The number of nitrogens with one attached hydrogen (secondary N) is 2. The van der Waals surface area contributed by atoms with E-state index in [1.165, 1.54) is 16.8 Å². The Morgan fingerprint density at radius 1 is 1.19 bits per heavy atom. The van der Waals surface area contributed by atoms with Crippen LogP contribution >= 0.6 is 24.0 Å². The fourth-order valence-electron chi connectivity index (χ4n) is 2.54. The average Bonchev–Trinajstić information content (AvgIpc) is 3.05. The molecule has 0 spiro atoms. The van der Waals surface area contributed by atoms with E-state index < -0.39 is 0 Å². The summed E-state index contributed by atoms with van der Waals surface area (Å²) in [7, 11) is 5.87. The summed E-state index contributed by atoms with van der Waals surface area (Å²) in [6.45, 7) is 9.60. The van der Waals surface area contributed by atoms with Crippen molar-refractivity contribution in [2.45, 2.75) is 46.2 Å². The molecular weight excluding hydrogens is 453 g/mol. The van der Waals surface area contributed by atoms with Crippen molar-refractivity contribution in [3.05, 3.63) is 47.2 Å². The van der Waals surface area contributed by atoms with Gasteiger partial charge in [0.1, 0.15) is 5.76 Å². The van der Waals surface area contributed by atoms with Crippen molar-refractivity contribution in [2.24, 2.45) is 4.99 Å². The van der Waals surface area contributed by atoms with Gasteiger partial charge in [0.25, 0.3) is 0 Å². The molecule has 2 aromatic rings. The second-order valence-corrected chi connectivity index (χ2v) is 7.67. The van der Waals surface area contributed by atoms with Crippen LogP contribution in [0.1, 0.15) is 43.5 Å². The van der Waals surface area contributed by atoms with E-state index in [0.717, 1.165) is 5.76 Å². The number of benzene rings is 1. The van der Waals surface area contributed by atoms with Crippen molar-refractivity contribution in [3.63, 3.8) is 0 Å². The number of rotatable bonds is 5. The van der Waals surface area contributed by atoms with E-state index in [9.17, 15) is 0 Å². The summed E-state index contributed by atoms with van der Waals surface area (Å²) >= 11 is 0. The molecule has 1 aromatic carbocycles. The van der Waals surface area contributed by atoms with E-state index >= 15 is 0 Å². The number of halogens is 1. The number of guanidine groups is 1. The number of aryl methyl sites for hydroxylation is 1. The summed E-state index contributed by atoms with van der Waals surface area (Å²) in [4.78, 5) is 10.7. The van der Waals surface area contributed by atoms with Crippen molar-refractivity contribution >= 4 is 35.6 Å². The number of anilines is 1. The van der Waals surface area contributed by atoms with Gasteiger partial charge >= 0.3 is 0 Å². The number of oxazole rings is 1. The zero-order valence-corrected chi connectivity index (χ0v) is 19.7. The summed E-state index contributed by atoms with van der Waals surface area (Å²) in [5.41, 5.74) is 3.63. The maximum absolute atomic E-state index is 5.81. The molecule has 0 saturated carbocycles. The molecular formula is C20H32IN5O. The summed E-state index contributed by atoms with van der Waals surface area (Å²) < 4.78 is 5.81. The predicted octanol–water partition coefficient (Wildman–Crippen LogP) is 3.83. The lowest BCUT2D eigenvalue weighted by Crippen LogP contribution is -2.36. The van der Waals surface area contributed by atoms with Gasteiger partial charge in [0.05, 0.1) is 12.7 Å². The molecule has 0 radical (unpaired) electrons. The lowest BCUT2D eigenvalue weighted by atomic mass is 9.94. The Morgan fingerprint density at radius 2 is 1.85 bits per heavy atom. The van der Waals surface area contributed by atoms with Crippen LogP contribution in [0.3, 0.4) is 0 Å². The number of aliphatic imine (C=N–C) groups is 1. The number of hydrogen-bond donors (Lipinski definition) is 2. The van der Waals surface area contributed by atoms with Crippen molar-refractivity contribution in [1.82, 2.24) is 15.6 Å². The number of hydrogen-bond acceptors (Lipinski definition) is 4. The Morgan fingerprint density at radius 3 is 2.41 bits per heavy atom. The number of nitrogens with zero attached hydrogens (tertiary/aromatic N) is 3. The minimum absolute atomic E-state index is 0. The molecule has 27 heavy (non-hydrogen) atoms. The molecule has 0 amide bonds. The van der Waals surface area contributed by atoms with Gasteiger partial charge in [-0.1, -0.05) is 32.9 Å². The van der Waals surface area contributed by atoms with Gasteiger partial charge in [-0.3, -0.25) is 4.99 Å². The molecule has 7 heteroatoms. The lowest BCUT2D eigenvalue weighted by Gasteiger charge is -2.19. The first-order valence-corrected chi connectivity index (χ1v) is 8.87. The molecule has 0 fully saturated rings. The molecule has 2 rings (SSSR count). The summed E-state index contributed by atoms with van der Waals surface area (Å²) in [5, 5.41) is 6.60. The predicted molar refractivity (Wildman–Crippen MR) is 123 cm³/mol. The van der Waals surface area contributed by atoms with Crippen LogP contribution in [-0.4, -0.2) is 32.1 Å². The molecule has 150 valence electrons. The Labute approximate surface area is 179 Å². The van der Waals surface area contributed by atoms with Crippen LogP contribution in [0.25, 0.3) is 0 Å².